The van der Waals surface area contributed by atoms with Crippen molar-refractivity contribution in [3.05, 3.63) is 0 Å². The second-order valence-electron chi connectivity index (χ2n) is 5.84. The summed E-state index contributed by atoms with van der Waals surface area (Å²) in [5, 5.41) is 0. The van der Waals surface area contributed by atoms with Gasteiger partial charge in [0.1, 0.15) is 0 Å². The van der Waals surface area contributed by atoms with Gasteiger partial charge in [0.15, 0.2) is 0 Å². The van der Waals surface area contributed by atoms with Crippen LogP contribution in [-0.2, 0) is 14.3 Å². The second kappa shape index (κ2) is 7.51. The highest BCUT2D eigenvalue weighted by Gasteiger charge is 2.29. The summed E-state index contributed by atoms with van der Waals surface area (Å²) in [7, 11) is 1.39. The average molecular weight is 269 g/mol. The smallest absolute Gasteiger partial charge is 0.310 e. The third-order valence-corrected chi connectivity index (χ3v) is 3.93. The first-order chi connectivity index (χ1) is 8.97. The van der Waals surface area contributed by atoms with Crippen LogP contribution in [0.15, 0.2) is 0 Å². The van der Waals surface area contributed by atoms with Crippen LogP contribution in [0.25, 0.3) is 0 Å². The molecule has 4 heteroatoms. The molecule has 0 aromatic carbocycles. The van der Waals surface area contributed by atoms with Gasteiger partial charge < -0.3 is 9.64 Å². The predicted octanol–water partition coefficient (Wildman–Crippen LogP) is 2.61. The van der Waals surface area contributed by atoms with E-state index in [0.29, 0.717) is 6.54 Å². The van der Waals surface area contributed by atoms with E-state index in [0.717, 1.165) is 25.7 Å². The number of nitrogens with zero attached hydrogens (tertiary/aromatic N) is 1. The number of ether oxygens (including phenoxy) is 1. The van der Waals surface area contributed by atoms with Gasteiger partial charge in [0, 0.05) is 18.5 Å². The van der Waals surface area contributed by atoms with Gasteiger partial charge in [0.05, 0.1) is 13.0 Å². The van der Waals surface area contributed by atoms with Crippen LogP contribution >= 0.6 is 0 Å². The monoisotopic (exact) mass is 269 g/mol. The number of hydrogen-bond acceptors (Lipinski definition) is 3. The van der Waals surface area contributed by atoms with Crippen molar-refractivity contribution >= 4 is 11.9 Å². The van der Waals surface area contributed by atoms with Gasteiger partial charge in [-0.1, -0.05) is 26.2 Å². The van der Waals surface area contributed by atoms with E-state index in [2.05, 4.69) is 0 Å². The molecule has 1 fully saturated rings. The fourth-order valence-electron chi connectivity index (χ4n) is 2.71. The largest absolute Gasteiger partial charge is 0.469 e. The molecule has 0 aliphatic heterocycles. The van der Waals surface area contributed by atoms with Crippen molar-refractivity contribution in [2.75, 3.05) is 13.7 Å². The van der Waals surface area contributed by atoms with E-state index in [9.17, 15) is 9.59 Å². The van der Waals surface area contributed by atoms with Gasteiger partial charge in [0.25, 0.3) is 0 Å². The highest BCUT2D eigenvalue weighted by atomic mass is 16.5. The molecular formula is C15H27NO3. The number of esters is 1. The Morgan fingerprint density at radius 1 is 1.16 bits per heavy atom. The maximum atomic E-state index is 12.6. The fraction of sp³-hybridized carbons (Fsp3) is 0.867. The van der Waals surface area contributed by atoms with Crippen molar-refractivity contribution in [3.63, 3.8) is 0 Å². The van der Waals surface area contributed by atoms with E-state index in [4.69, 9.17) is 4.74 Å². The molecule has 0 spiro atoms. The van der Waals surface area contributed by atoms with Gasteiger partial charge in [0.2, 0.25) is 5.91 Å². The molecule has 0 radical (unpaired) electrons. The highest BCUT2D eigenvalue weighted by molar-refractivity contribution is 5.80. The molecule has 1 aliphatic rings. The molecule has 4 nitrogen and oxygen atoms in total. The molecule has 0 aromatic rings. The molecule has 1 atom stereocenters. The summed E-state index contributed by atoms with van der Waals surface area (Å²) in [5.74, 6) is -0.145. The van der Waals surface area contributed by atoms with Crippen LogP contribution in [0.5, 0.6) is 0 Å². The Balaban J connectivity index is 2.65. The standard InChI is InChI=1S/C15H27NO3/c1-11(2)16(10-12(3)15(18)19-4)14(17)13-8-6-5-7-9-13/h11-13H,5-10H2,1-4H3. The van der Waals surface area contributed by atoms with Crippen LogP contribution in [-0.4, -0.2) is 36.5 Å². The lowest BCUT2D eigenvalue weighted by atomic mass is 9.88. The Kier molecular flexibility index (Phi) is 6.32. The zero-order valence-electron chi connectivity index (χ0n) is 12.6. The third-order valence-electron chi connectivity index (χ3n) is 3.93. The van der Waals surface area contributed by atoms with Crippen molar-refractivity contribution < 1.29 is 14.3 Å². The van der Waals surface area contributed by atoms with Crippen LogP contribution in [0, 0.1) is 11.8 Å². The van der Waals surface area contributed by atoms with Crippen molar-refractivity contribution in [1.29, 1.82) is 0 Å². The van der Waals surface area contributed by atoms with Crippen molar-refractivity contribution in [1.82, 2.24) is 4.90 Å². The molecule has 0 saturated heterocycles. The molecule has 1 aliphatic carbocycles. The molecule has 0 bridgehead atoms. The molecule has 1 saturated carbocycles. The van der Waals surface area contributed by atoms with Crippen LogP contribution in [0.4, 0.5) is 0 Å². The summed E-state index contributed by atoms with van der Waals surface area (Å²) < 4.78 is 4.74. The summed E-state index contributed by atoms with van der Waals surface area (Å²) in [6, 6.07) is 0.126. The van der Waals surface area contributed by atoms with Crippen LogP contribution in [0.3, 0.4) is 0 Å². The maximum absolute atomic E-state index is 12.6. The Morgan fingerprint density at radius 2 is 1.74 bits per heavy atom. The van der Waals surface area contributed by atoms with Crippen LogP contribution < -0.4 is 0 Å². The average Bonchev–Trinajstić information content (AvgIpc) is 2.43. The molecule has 0 aromatic heterocycles. The number of carbonyl (C=O) groups excluding carboxylic acids is 2. The summed E-state index contributed by atoms with van der Waals surface area (Å²) in [6.45, 7) is 6.28. The summed E-state index contributed by atoms with van der Waals surface area (Å²) in [5.41, 5.74) is 0. The second-order valence-corrected chi connectivity index (χ2v) is 5.84. The van der Waals surface area contributed by atoms with E-state index < -0.39 is 0 Å². The molecule has 1 amide bonds. The fourth-order valence-corrected chi connectivity index (χ4v) is 2.71. The predicted molar refractivity (Wildman–Crippen MR) is 74.6 cm³/mol. The summed E-state index contributed by atoms with van der Waals surface area (Å²) in [4.78, 5) is 25.9. The minimum absolute atomic E-state index is 0.126. The van der Waals surface area contributed by atoms with E-state index in [1.807, 2.05) is 25.7 Å². The normalized spacial score (nSPS) is 18.2. The van der Waals surface area contributed by atoms with Gasteiger partial charge >= 0.3 is 5.97 Å². The first kappa shape index (κ1) is 16.0. The summed E-state index contributed by atoms with van der Waals surface area (Å²) >= 11 is 0. The molecular weight excluding hydrogens is 242 g/mol. The topological polar surface area (TPSA) is 46.6 Å². The van der Waals surface area contributed by atoms with Gasteiger partial charge in [-0.2, -0.15) is 0 Å². The number of amides is 1. The minimum atomic E-state index is -0.264. The highest BCUT2D eigenvalue weighted by Crippen LogP contribution is 2.26. The number of rotatable bonds is 5. The lowest BCUT2D eigenvalue weighted by molar-refractivity contribution is -0.148. The van der Waals surface area contributed by atoms with E-state index in [1.54, 1.807) is 0 Å². The molecule has 1 unspecified atom stereocenters. The molecule has 1 rings (SSSR count). The first-order valence-electron chi connectivity index (χ1n) is 7.35. The van der Waals surface area contributed by atoms with Gasteiger partial charge in [-0.15, -0.1) is 0 Å². The number of hydrogen-bond donors (Lipinski definition) is 0. The maximum Gasteiger partial charge on any atom is 0.310 e. The van der Waals surface area contributed by atoms with E-state index in [-0.39, 0.29) is 29.8 Å². The first-order valence-corrected chi connectivity index (χ1v) is 7.35. The van der Waals surface area contributed by atoms with Gasteiger partial charge in [-0.05, 0) is 26.7 Å². The zero-order valence-corrected chi connectivity index (χ0v) is 12.6. The van der Waals surface area contributed by atoms with Gasteiger partial charge in [-0.3, -0.25) is 9.59 Å². The number of methoxy groups -OCH3 is 1. The Hall–Kier alpha value is -1.06. The molecule has 0 heterocycles. The zero-order chi connectivity index (χ0) is 14.4. The van der Waals surface area contributed by atoms with E-state index in [1.165, 1.54) is 13.5 Å². The Labute approximate surface area is 116 Å². The lowest BCUT2D eigenvalue weighted by Crippen LogP contribution is -2.45. The molecule has 0 N–H and O–H groups in total. The van der Waals surface area contributed by atoms with Crippen molar-refractivity contribution in [2.24, 2.45) is 11.8 Å². The lowest BCUT2D eigenvalue weighted by Gasteiger charge is -2.33. The van der Waals surface area contributed by atoms with Crippen LogP contribution in [0.2, 0.25) is 0 Å². The Morgan fingerprint density at radius 3 is 2.21 bits per heavy atom. The van der Waals surface area contributed by atoms with Crippen LogP contribution in [0.1, 0.15) is 52.9 Å². The summed E-state index contributed by atoms with van der Waals surface area (Å²) in [6.07, 6.45) is 5.52. The molecule has 110 valence electrons. The van der Waals surface area contributed by atoms with Crippen molar-refractivity contribution in [2.45, 2.75) is 58.9 Å². The number of carbonyl (C=O) groups is 2. The quantitative estimate of drug-likeness (QED) is 0.721. The minimum Gasteiger partial charge on any atom is -0.469 e. The van der Waals surface area contributed by atoms with E-state index >= 15 is 0 Å². The van der Waals surface area contributed by atoms with Crippen molar-refractivity contribution in [3.8, 4) is 0 Å². The SMILES string of the molecule is COC(=O)C(C)CN(C(=O)C1CCCCC1)C(C)C. The molecule has 19 heavy (non-hydrogen) atoms. The third kappa shape index (κ3) is 4.51. The Bertz CT molecular complexity index is 309. The van der Waals surface area contributed by atoms with Gasteiger partial charge in [-0.25, -0.2) is 0 Å².